The van der Waals surface area contributed by atoms with Crippen molar-refractivity contribution in [1.29, 1.82) is 0 Å². The van der Waals surface area contributed by atoms with Crippen LogP contribution in [0.5, 0.6) is 5.75 Å². The minimum atomic E-state index is -0.527. The molecule has 0 saturated carbocycles. The van der Waals surface area contributed by atoms with Gasteiger partial charge in [-0.3, -0.25) is 9.59 Å². The van der Waals surface area contributed by atoms with E-state index in [0.717, 1.165) is 29.5 Å². The van der Waals surface area contributed by atoms with Gasteiger partial charge >= 0.3 is 0 Å². The van der Waals surface area contributed by atoms with Gasteiger partial charge in [0.2, 0.25) is 5.91 Å². The Morgan fingerprint density at radius 2 is 1.75 bits per heavy atom. The van der Waals surface area contributed by atoms with Crippen molar-refractivity contribution < 1.29 is 14.3 Å². The molecule has 2 rings (SSSR count). The predicted molar refractivity (Wildman–Crippen MR) is 130 cm³/mol. The van der Waals surface area contributed by atoms with Crippen molar-refractivity contribution in [3.63, 3.8) is 0 Å². The first kappa shape index (κ1) is 25.7. The highest BCUT2D eigenvalue weighted by Crippen LogP contribution is 2.26. The lowest BCUT2D eigenvalue weighted by Crippen LogP contribution is -2.51. The molecule has 2 aromatic rings. The van der Waals surface area contributed by atoms with Crippen LogP contribution in [-0.2, 0) is 16.0 Å². The standard InChI is InChI=1S/C26H35ClN2O3/c1-5-7-14-28-26(31)23(6-2)29(15-13-21-11-9-8-10-12-21)24(30)18-32-22-16-19(3)25(27)20(4)17-22/h8-12,16-17,23H,5-7,13-15,18H2,1-4H3,(H,28,31)/t23-/m1/s1. The highest BCUT2D eigenvalue weighted by molar-refractivity contribution is 6.32. The number of hydrogen-bond donors (Lipinski definition) is 1. The van der Waals surface area contributed by atoms with E-state index in [9.17, 15) is 9.59 Å². The zero-order chi connectivity index (χ0) is 23.5. The van der Waals surface area contributed by atoms with E-state index in [4.69, 9.17) is 16.3 Å². The normalized spacial score (nSPS) is 11.7. The average molecular weight is 459 g/mol. The van der Waals surface area contributed by atoms with Crippen LogP contribution in [-0.4, -0.2) is 42.5 Å². The zero-order valence-corrected chi connectivity index (χ0v) is 20.4. The number of halogens is 1. The van der Waals surface area contributed by atoms with Crippen LogP contribution >= 0.6 is 11.6 Å². The molecule has 174 valence electrons. The molecule has 0 aliphatic carbocycles. The summed E-state index contributed by atoms with van der Waals surface area (Å²) in [6.45, 7) is 8.76. The van der Waals surface area contributed by atoms with Gasteiger partial charge in [0.05, 0.1) is 0 Å². The van der Waals surface area contributed by atoms with Crippen molar-refractivity contribution in [2.75, 3.05) is 19.7 Å². The lowest BCUT2D eigenvalue weighted by Gasteiger charge is -2.30. The van der Waals surface area contributed by atoms with E-state index in [-0.39, 0.29) is 18.4 Å². The summed E-state index contributed by atoms with van der Waals surface area (Å²) in [5, 5.41) is 3.67. The lowest BCUT2D eigenvalue weighted by molar-refractivity contribution is -0.142. The van der Waals surface area contributed by atoms with E-state index in [2.05, 4.69) is 12.2 Å². The van der Waals surface area contributed by atoms with Crippen molar-refractivity contribution in [2.24, 2.45) is 0 Å². The highest BCUT2D eigenvalue weighted by Gasteiger charge is 2.28. The molecule has 0 aliphatic rings. The number of amides is 2. The molecule has 32 heavy (non-hydrogen) atoms. The predicted octanol–water partition coefficient (Wildman–Crippen LogP) is 5.10. The monoisotopic (exact) mass is 458 g/mol. The van der Waals surface area contributed by atoms with Crippen LogP contribution in [0.1, 0.15) is 49.8 Å². The zero-order valence-electron chi connectivity index (χ0n) is 19.6. The molecule has 0 fully saturated rings. The van der Waals surface area contributed by atoms with E-state index < -0.39 is 6.04 Å². The second kappa shape index (κ2) is 13.1. The minimum absolute atomic E-state index is 0.111. The third-order valence-electron chi connectivity index (χ3n) is 5.47. The molecule has 0 aliphatic heterocycles. The van der Waals surface area contributed by atoms with Gasteiger partial charge in [-0.25, -0.2) is 0 Å². The molecule has 0 bridgehead atoms. The molecule has 0 radical (unpaired) electrons. The van der Waals surface area contributed by atoms with Crippen molar-refractivity contribution in [1.82, 2.24) is 10.2 Å². The second-order valence-electron chi connectivity index (χ2n) is 8.05. The number of benzene rings is 2. The van der Waals surface area contributed by atoms with Crippen LogP contribution in [0, 0.1) is 13.8 Å². The smallest absolute Gasteiger partial charge is 0.261 e. The summed E-state index contributed by atoms with van der Waals surface area (Å²) in [7, 11) is 0. The van der Waals surface area contributed by atoms with Crippen molar-refractivity contribution in [2.45, 2.75) is 59.4 Å². The fourth-order valence-corrected chi connectivity index (χ4v) is 3.73. The van der Waals surface area contributed by atoms with Crippen LogP contribution in [0.3, 0.4) is 0 Å². The Hall–Kier alpha value is -2.53. The Bertz CT molecular complexity index is 863. The number of carbonyl (C=O) groups is 2. The van der Waals surface area contributed by atoms with Gasteiger partial charge in [0.1, 0.15) is 11.8 Å². The van der Waals surface area contributed by atoms with Crippen LogP contribution < -0.4 is 10.1 Å². The Balaban J connectivity index is 2.13. The van der Waals surface area contributed by atoms with Gasteiger partial charge in [0, 0.05) is 18.1 Å². The number of ether oxygens (including phenoxy) is 1. The Morgan fingerprint density at radius 3 is 2.34 bits per heavy atom. The largest absolute Gasteiger partial charge is 0.484 e. The molecule has 0 unspecified atom stereocenters. The molecule has 2 aromatic carbocycles. The fourth-order valence-electron chi connectivity index (χ4n) is 3.62. The fraction of sp³-hybridized carbons (Fsp3) is 0.462. The maximum absolute atomic E-state index is 13.2. The van der Waals surface area contributed by atoms with Gasteiger partial charge in [0.25, 0.3) is 5.91 Å². The Morgan fingerprint density at radius 1 is 1.09 bits per heavy atom. The maximum atomic E-state index is 13.2. The number of aryl methyl sites for hydroxylation is 2. The number of hydrogen-bond acceptors (Lipinski definition) is 3. The minimum Gasteiger partial charge on any atom is -0.484 e. The van der Waals surface area contributed by atoms with Crippen molar-refractivity contribution >= 4 is 23.4 Å². The molecule has 6 heteroatoms. The summed E-state index contributed by atoms with van der Waals surface area (Å²) in [6, 6.07) is 13.1. The van der Waals surface area contributed by atoms with E-state index >= 15 is 0 Å². The Kier molecular flexibility index (Phi) is 10.5. The molecule has 0 aromatic heterocycles. The summed E-state index contributed by atoms with van der Waals surface area (Å²) in [4.78, 5) is 27.7. The van der Waals surface area contributed by atoms with Gasteiger partial charge in [-0.2, -0.15) is 0 Å². The van der Waals surface area contributed by atoms with Crippen LogP contribution in [0.2, 0.25) is 5.02 Å². The molecular formula is C26H35ClN2O3. The molecular weight excluding hydrogens is 424 g/mol. The van der Waals surface area contributed by atoms with Crippen molar-refractivity contribution in [3.8, 4) is 5.75 Å². The first-order valence-electron chi connectivity index (χ1n) is 11.4. The topological polar surface area (TPSA) is 58.6 Å². The third-order valence-corrected chi connectivity index (χ3v) is 6.07. The highest BCUT2D eigenvalue weighted by atomic mass is 35.5. The van der Waals surface area contributed by atoms with Crippen LogP contribution in [0.15, 0.2) is 42.5 Å². The molecule has 5 nitrogen and oxygen atoms in total. The lowest BCUT2D eigenvalue weighted by atomic mass is 10.1. The maximum Gasteiger partial charge on any atom is 0.261 e. The number of nitrogens with one attached hydrogen (secondary N) is 1. The quantitative estimate of drug-likeness (QED) is 0.450. The molecule has 1 atom stereocenters. The van der Waals surface area contributed by atoms with Gasteiger partial charge in [-0.1, -0.05) is 62.2 Å². The summed E-state index contributed by atoms with van der Waals surface area (Å²) < 4.78 is 5.81. The second-order valence-corrected chi connectivity index (χ2v) is 8.43. The first-order valence-corrected chi connectivity index (χ1v) is 11.8. The summed E-state index contributed by atoms with van der Waals surface area (Å²) in [5.74, 6) is 0.283. The van der Waals surface area contributed by atoms with E-state index in [1.54, 1.807) is 4.90 Å². The number of nitrogens with zero attached hydrogens (tertiary/aromatic N) is 1. The van der Waals surface area contributed by atoms with E-state index in [0.29, 0.717) is 36.7 Å². The Labute approximate surface area is 197 Å². The third kappa shape index (κ3) is 7.56. The number of carbonyl (C=O) groups excluding carboxylic acids is 2. The molecule has 0 spiro atoms. The van der Waals surface area contributed by atoms with E-state index in [1.807, 2.05) is 63.2 Å². The van der Waals surface area contributed by atoms with Gasteiger partial charge < -0.3 is 15.0 Å². The first-order chi connectivity index (χ1) is 15.4. The summed E-state index contributed by atoms with van der Waals surface area (Å²) in [5.41, 5.74) is 2.92. The van der Waals surface area contributed by atoms with E-state index in [1.165, 1.54) is 0 Å². The SMILES string of the molecule is CCCCNC(=O)[C@@H](CC)N(CCc1ccccc1)C(=O)COc1cc(C)c(Cl)c(C)c1. The molecule has 2 amide bonds. The van der Waals surface area contributed by atoms with Crippen molar-refractivity contribution in [3.05, 3.63) is 64.2 Å². The molecule has 0 heterocycles. The average Bonchev–Trinajstić information content (AvgIpc) is 2.79. The number of unbranched alkanes of at least 4 members (excludes halogenated alkanes) is 1. The summed E-state index contributed by atoms with van der Waals surface area (Å²) in [6.07, 6.45) is 3.13. The number of rotatable bonds is 12. The van der Waals surface area contributed by atoms with Crippen LogP contribution in [0.4, 0.5) is 0 Å². The van der Waals surface area contributed by atoms with Crippen LogP contribution in [0.25, 0.3) is 0 Å². The summed E-state index contributed by atoms with van der Waals surface area (Å²) >= 11 is 6.23. The molecule has 1 N–H and O–H groups in total. The van der Waals surface area contributed by atoms with Gasteiger partial charge in [-0.15, -0.1) is 0 Å². The molecule has 0 saturated heterocycles. The van der Waals surface area contributed by atoms with Gasteiger partial charge in [-0.05, 0) is 61.9 Å². The van der Waals surface area contributed by atoms with Gasteiger partial charge in [0.15, 0.2) is 6.61 Å².